The van der Waals surface area contributed by atoms with E-state index in [0.717, 1.165) is 48.5 Å². The number of fused-ring (bicyclic) bond motifs is 1. The minimum absolute atomic E-state index is 0.253. The second kappa shape index (κ2) is 10.4. The number of nitrogens with zero attached hydrogens (tertiary/aromatic N) is 2. The van der Waals surface area contributed by atoms with Crippen LogP contribution in [0.15, 0.2) is 84.9 Å². The summed E-state index contributed by atoms with van der Waals surface area (Å²) in [6.07, 6.45) is -0.527. The summed E-state index contributed by atoms with van der Waals surface area (Å²) < 4.78 is 6.00. The Hall–Kier alpha value is -3.12. The van der Waals surface area contributed by atoms with Gasteiger partial charge in [0.1, 0.15) is 18.5 Å². The summed E-state index contributed by atoms with van der Waals surface area (Å²) in [4.78, 5) is 8.23. The summed E-state index contributed by atoms with van der Waals surface area (Å²) >= 11 is 0. The van der Waals surface area contributed by atoms with Gasteiger partial charge < -0.3 is 14.8 Å². The van der Waals surface area contributed by atoms with Gasteiger partial charge in [-0.25, -0.2) is 0 Å². The summed E-state index contributed by atoms with van der Waals surface area (Å²) in [5.41, 5.74) is 4.82. The number of benzene rings is 3. The van der Waals surface area contributed by atoms with Crippen molar-refractivity contribution in [2.24, 2.45) is 0 Å². The van der Waals surface area contributed by atoms with Crippen molar-refractivity contribution in [3.8, 4) is 5.75 Å². The lowest BCUT2D eigenvalue weighted by molar-refractivity contribution is 0.0404. The predicted molar refractivity (Wildman–Crippen MR) is 137 cm³/mol. The molecule has 2 heterocycles. The van der Waals surface area contributed by atoms with Crippen molar-refractivity contribution in [1.29, 1.82) is 0 Å². The van der Waals surface area contributed by atoms with Crippen LogP contribution in [0, 0.1) is 6.92 Å². The van der Waals surface area contributed by atoms with Gasteiger partial charge >= 0.3 is 0 Å². The average Bonchev–Trinajstić information content (AvgIpc) is 3.26. The van der Waals surface area contributed by atoms with Gasteiger partial charge in [0.2, 0.25) is 0 Å². The van der Waals surface area contributed by atoms with E-state index in [9.17, 15) is 5.11 Å². The number of β-amino-alcohol motifs (C(OH)–C–C–N with tert-alkyl or cyclic N) is 1. The molecule has 0 unspecified atom stereocenters. The number of aromatic nitrogens is 1. The van der Waals surface area contributed by atoms with Crippen LogP contribution < -0.4 is 4.74 Å². The molecule has 3 aromatic carbocycles. The van der Waals surface area contributed by atoms with E-state index in [-0.39, 0.29) is 6.04 Å². The number of nitrogens with one attached hydrogen (secondary N) is 1. The molecule has 1 atom stereocenters. The number of piperazine rings is 1. The van der Waals surface area contributed by atoms with E-state index in [4.69, 9.17) is 4.74 Å². The molecule has 5 rings (SSSR count). The van der Waals surface area contributed by atoms with Gasteiger partial charge in [0.05, 0.1) is 6.04 Å². The molecule has 0 bridgehead atoms. The highest BCUT2D eigenvalue weighted by Crippen LogP contribution is 2.30. The van der Waals surface area contributed by atoms with Gasteiger partial charge in [-0.2, -0.15) is 0 Å². The maximum atomic E-state index is 10.7. The van der Waals surface area contributed by atoms with Crippen LogP contribution in [0.4, 0.5) is 0 Å². The first-order chi connectivity index (χ1) is 16.7. The lowest BCUT2D eigenvalue weighted by atomic mass is 9.96. The maximum absolute atomic E-state index is 10.7. The molecular weight excluding hydrogens is 422 g/mol. The van der Waals surface area contributed by atoms with Crippen molar-refractivity contribution in [3.05, 3.63) is 102 Å². The number of hydrogen-bond donors (Lipinski definition) is 2. The van der Waals surface area contributed by atoms with E-state index in [0.29, 0.717) is 13.2 Å². The number of aryl methyl sites for hydroxylation is 1. The van der Waals surface area contributed by atoms with Gasteiger partial charge in [-0.1, -0.05) is 66.7 Å². The molecule has 0 spiro atoms. The van der Waals surface area contributed by atoms with Gasteiger partial charge in [0, 0.05) is 49.3 Å². The molecule has 0 radical (unpaired) electrons. The number of aliphatic hydroxyl groups is 1. The first-order valence-electron chi connectivity index (χ1n) is 12.1. The smallest absolute Gasteiger partial charge is 0.128 e. The molecule has 0 saturated carbocycles. The van der Waals surface area contributed by atoms with Crippen molar-refractivity contribution in [1.82, 2.24) is 14.8 Å². The van der Waals surface area contributed by atoms with Crippen molar-refractivity contribution in [3.63, 3.8) is 0 Å². The molecule has 1 aliphatic heterocycles. The van der Waals surface area contributed by atoms with Crippen LogP contribution in [0.3, 0.4) is 0 Å². The van der Waals surface area contributed by atoms with E-state index < -0.39 is 6.10 Å². The fourth-order valence-electron chi connectivity index (χ4n) is 5.02. The number of aliphatic hydroxyl groups excluding tert-OH is 1. The minimum Gasteiger partial charge on any atom is -0.490 e. The average molecular weight is 456 g/mol. The van der Waals surface area contributed by atoms with Crippen molar-refractivity contribution >= 4 is 10.9 Å². The molecular formula is C29H33N3O2. The molecule has 0 aliphatic carbocycles. The highest BCUT2D eigenvalue weighted by atomic mass is 16.5. The number of hydrogen-bond acceptors (Lipinski definition) is 4. The lowest BCUT2D eigenvalue weighted by Crippen LogP contribution is -2.50. The number of aromatic amines is 1. The first kappa shape index (κ1) is 22.7. The van der Waals surface area contributed by atoms with Crippen LogP contribution in [0.5, 0.6) is 5.75 Å². The SMILES string of the molecule is Cc1cc2c(OC[C@@H](O)CN3CCN(C(c4ccccc4)c4ccccc4)CC3)cccc2[nH]1. The predicted octanol–water partition coefficient (Wildman–Crippen LogP) is 4.62. The standard InChI is InChI=1S/C29H33N3O2/c1-22-19-26-27(30-22)13-8-14-28(26)34-21-25(33)20-31-15-17-32(18-16-31)29(23-9-4-2-5-10-23)24-11-6-3-7-12-24/h2-14,19,25,29-30,33H,15-18,20-21H2,1H3/t25-/m0/s1. The molecule has 5 nitrogen and oxygen atoms in total. The molecule has 34 heavy (non-hydrogen) atoms. The Labute approximate surface area is 201 Å². The fourth-order valence-corrected chi connectivity index (χ4v) is 5.02. The normalized spacial score (nSPS) is 16.2. The van der Waals surface area contributed by atoms with Crippen LogP contribution in [0.1, 0.15) is 22.9 Å². The molecule has 2 N–H and O–H groups in total. The Morgan fingerprint density at radius 3 is 2.15 bits per heavy atom. The monoisotopic (exact) mass is 455 g/mol. The van der Waals surface area contributed by atoms with Crippen LogP contribution in [-0.2, 0) is 0 Å². The quantitative estimate of drug-likeness (QED) is 0.407. The molecule has 176 valence electrons. The summed E-state index contributed by atoms with van der Waals surface area (Å²) in [6, 6.07) is 29.8. The Balaban J connectivity index is 1.17. The summed E-state index contributed by atoms with van der Waals surface area (Å²) in [5.74, 6) is 0.819. The van der Waals surface area contributed by atoms with E-state index in [1.165, 1.54) is 11.1 Å². The van der Waals surface area contributed by atoms with Gasteiger partial charge in [0.25, 0.3) is 0 Å². The topological polar surface area (TPSA) is 51.7 Å². The zero-order valence-electron chi connectivity index (χ0n) is 19.7. The van der Waals surface area contributed by atoms with Crippen molar-refractivity contribution < 1.29 is 9.84 Å². The van der Waals surface area contributed by atoms with Gasteiger partial charge in [-0.15, -0.1) is 0 Å². The Morgan fingerprint density at radius 1 is 0.853 bits per heavy atom. The van der Waals surface area contributed by atoms with Crippen molar-refractivity contribution in [2.75, 3.05) is 39.3 Å². The van der Waals surface area contributed by atoms with E-state index in [2.05, 4.69) is 81.5 Å². The lowest BCUT2D eigenvalue weighted by Gasteiger charge is -2.40. The second-order valence-corrected chi connectivity index (χ2v) is 9.20. The van der Waals surface area contributed by atoms with E-state index in [1.807, 2.05) is 25.1 Å². The highest BCUT2D eigenvalue weighted by Gasteiger charge is 2.27. The molecule has 5 heteroatoms. The molecule has 1 aromatic heterocycles. The Morgan fingerprint density at radius 2 is 1.50 bits per heavy atom. The van der Waals surface area contributed by atoms with Gasteiger partial charge in [-0.3, -0.25) is 9.80 Å². The zero-order valence-corrected chi connectivity index (χ0v) is 19.7. The molecule has 1 fully saturated rings. The fraction of sp³-hybridized carbons (Fsp3) is 0.310. The van der Waals surface area contributed by atoms with Gasteiger partial charge in [0.15, 0.2) is 0 Å². The van der Waals surface area contributed by atoms with Crippen LogP contribution in [-0.4, -0.2) is 65.3 Å². The molecule has 4 aromatic rings. The zero-order chi connectivity index (χ0) is 23.3. The second-order valence-electron chi connectivity index (χ2n) is 9.20. The molecule has 1 saturated heterocycles. The number of ether oxygens (including phenoxy) is 1. The molecule has 0 amide bonds. The van der Waals surface area contributed by atoms with Crippen molar-refractivity contribution in [2.45, 2.75) is 19.1 Å². The van der Waals surface area contributed by atoms with Crippen LogP contribution >= 0.6 is 0 Å². The van der Waals surface area contributed by atoms with Gasteiger partial charge in [-0.05, 0) is 36.2 Å². The molecule has 1 aliphatic rings. The minimum atomic E-state index is -0.527. The van der Waals surface area contributed by atoms with E-state index >= 15 is 0 Å². The third kappa shape index (κ3) is 5.17. The van der Waals surface area contributed by atoms with E-state index in [1.54, 1.807) is 0 Å². The summed E-state index contributed by atoms with van der Waals surface area (Å²) in [5, 5.41) is 11.7. The van der Waals surface area contributed by atoms with Crippen LogP contribution in [0.2, 0.25) is 0 Å². The summed E-state index contributed by atoms with van der Waals surface area (Å²) in [7, 11) is 0. The number of rotatable bonds is 8. The largest absolute Gasteiger partial charge is 0.490 e. The third-order valence-electron chi connectivity index (χ3n) is 6.66. The Bertz CT molecular complexity index is 1140. The third-order valence-corrected chi connectivity index (χ3v) is 6.66. The highest BCUT2D eigenvalue weighted by molar-refractivity contribution is 5.86. The summed E-state index contributed by atoms with van der Waals surface area (Å²) in [6.45, 7) is 6.74. The van der Waals surface area contributed by atoms with Crippen LogP contribution in [0.25, 0.3) is 10.9 Å². The number of H-pyrrole nitrogens is 1. The maximum Gasteiger partial charge on any atom is 0.128 e. The first-order valence-corrected chi connectivity index (χ1v) is 12.1. The Kier molecular flexibility index (Phi) is 6.95.